The summed E-state index contributed by atoms with van der Waals surface area (Å²) >= 11 is 1.90. The third-order valence-electron chi connectivity index (χ3n) is 3.88. The number of benzene rings is 1. The van der Waals surface area contributed by atoms with E-state index in [9.17, 15) is 4.79 Å². The lowest BCUT2D eigenvalue weighted by atomic mass is 10.1. The van der Waals surface area contributed by atoms with Crippen LogP contribution < -0.4 is 5.73 Å². The van der Waals surface area contributed by atoms with Crippen LogP contribution in [0.4, 0.5) is 5.69 Å². The minimum atomic E-state index is 0.249. The third-order valence-corrected chi connectivity index (χ3v) is 5.04. The number of nitrogen functional groups attached to an aromatic ring is 1. The maximum atomic E-state index is 12.6. The number of thioether (sulfide) groups is 1. The second kappa shape index (κ2) is 5.45. The van der Waals surface area contributed by atoms with Crippen molar-refractivity contribution in [3.05, 3.63) is 29.8 Å². The molecule has 1 unspecified atom stereocenters. The maximum absolute atomic E-state index is 12.6. The zero-order valence-electron chi connectivity index (χ0n) is 11.0. The van der Waals surface area contributed by atoms with Crippen molar-refractivity contribution in [1.82, 2.24) is 4.90 Å². The van der Waals surface area contributed by atoms with Gasteiger partial charge in [0.15, 0.2) is 0 Å². The van der Waals surface area contributed by atoms with E-state index in [-0.39, 0.29) is 5.92 Å². The molecule has 19 heavy (non-hydrogen) atoms. The summed E-state index contributed by atoms with van der Waals surface area (Å²) in [7, 11) is 0. The van der Waals surface area contributed by atoms with E-state index in [1.807, 2.05) is 36.0 Å². The number of nitrogens with zero attached hydrogens (tertiary/aromatic N) is 1. The first-order valence-corrected chi connectivity index (χ1v) is 8.12. The second-order valence-corrected chi connectivity index (χ2v) is 6.65. The Labute approximate surface area is 118 Å². The van der Waals surface area contributed by atoms with Gasteiger partial charge in [0.05, 0.1) is 0 Å². The Balaban J connectivity index is 1.70. The SMILES string of the molecule is Nc1ccc(CN(C(=O)C2CCSC2)C2CC2)cc1. The first-order valence-electron chi connectivity index (χ1n) is 6.96. The number of carbonyl (C=O) groups is 1. The molecule has 1 aromatic rings. The summed E-state index contributed by atoms with van der Waals surface area (Å²) in [5, 5.41) is 0. The van der Waals surface area contributed by atoms with E-state index in [4.69, 9.17) is 5.73 Å². The Morgan fingerprint density at radius 2 is 2.00 bits per heavy atom. The van der Waals surface area contributed by atoms with E-state index >= 15 is 0 Å². The van der Waals surface area contributed by atoms with Crippen LogP contribution in [0.5, 0.6) is 0 Å². The highest BCUT2D eigenvalue weighted by atomic mass is 32.2. The largest absolute Gasteiger partial charge is 0.399 e. The molecule has 4 heteroatoms. The van der Waals surface area contributed by atoms with Crippen molar-refractivity contribution in [2.75, 3.05) is 17.2 Å². The number of carbonyl (C=O) groups excluding carboxylic acids is 1. The van der Waals surface area contributed by atoms with Crippen LogP contribution in [0.2, 0.25) is 0 Å². The van der Waals surface area contributed by atoms with Crippen molar-refractivity contribution in [2.45, 2.75) is 31.8 Å². The molecule has 3 nitrogen and oxygen atoms in total. The van der Waals surface area contributed by atoms with Gasteiger partial charge in [-0.3, -0.25) is 4.79 Å². The molecule has 0 aromatic heterocycles. The van der Waals surface area contributed by atoms with Gasteiger partial charge in [0.1, 0.15) is 0 Å². The highest BCUT2D eigenvalue weighted by Crippen LogP contribution is 2.33. The van der Waals surface area contributed by atoms with Gasteiger partial charge in [0, 0.05) is 29.9 Å². The fourth-order valence-electron chi connectivity index (χ4n) is 2.56. The average Bonchev–Trinajstić information content (AvgIpc) is 3.11. The van der Waals surface area contributed by atoms with Crippen LogP contribution in [0.25, 0.3) is 0 Å². The normalized spacial score (nSPS) is 22.4. The second-order valence-electron chi connectivity index (χ2n) is 5.50. The predicted octanol–water partition coefficient (Wildman–Crippen LogP) is 2.51. The Morgan fingerprint density at radius 3 is 2.58 bits per heavy atom. The number of rotatable bonds is 4. The van der Waals surface area contributed by atoms with Crippen molar-refractivity contribution in [3.63, 3.8) is 0 Å². The highest BCUT2D eigenvalue weighted by molar-refractivity contribution is 7.99. The molecule has 0 bridgehead atoms. The van der Waals surface area contributed by atoms with E-state index in [0.717, 1.165) is 30.2 Å². The molecule has 0 spiro atoms. The summed E-state index contributed by atoms with van der Waals surface area (Å²) < 4.78 is 0. The number of hydrogen-bond donors (Lipinski definition) is 1. The summed E-state index contributed by atoms with van der Waals surface area (Å²) in [4.78, 5) is 14.7. The van der Waals surface area contributed by atoms with Gasteiger partial charge >= 0.3 is 0 Å². The van der Waals surface area contributed by atoms with E-state index in [2.05, 4.69) is 4.90 Å². The molecule has 1 aliphatic heterocycles. The highest BCUT2D eigenvalue weighted by Gasteiger charge is 2.36. The summed E-state index contributed by atoms with van der Waals surface area (Å²) in [5.74, 6) is 2.75. The van der Waals surface area contributed by atoms with Crippen LogP contribution in [-0.2, 0) is 11.3 Å². The molecule has 1 saturated carbocycles. The molecule has 2 N–H and O–H groups in total. The smallest absolute Gasteiger partial charge is 0.227 e. The third kappa shape index (κ3) is 3.06. The number of hydrogen-bond acceptors (Lipinski definition) is 3. The maximum Gasteiger partial charge on any atom is 0.227 e. The van der Waals surface area contributed by atoms with Crippen LogP contribution in [0.3, 0.4) is 0 Å². The fourth-order valence-corrected chi connectivity index (χ4v) is 3.77. The predicted molar refractivity (Wildman–Crippen MR) is 79.9 cm³/mol. The van der Waals surface area contributed by atoms with Crippen LogP contribution in [-0.4, -0.2) is 28.4 Å². The Kier molecular flexibility index (Phi) is 3.69. The van der Waals surface area contributed by atoms with Crippen LogP contribution >= 0.6 is 11.8 Å². The molecule has 1 aliphatic carbocycles. The molecule has 102 valence electrons. The van der Waals surface area contributed by atoms with E-state index in [0.29, 0.717) is 11.9 Å². The first kappa shape index (κ1) is 12.9. The molecular weight excluding hydrogens is 256 g/mol. The van der Waals surface area contributed by atoms with Crippen molar-refractivity contribution in [2.24, 2.45) is 5.92 Å². The van der Waals surface area contributed by atoms with Crippen molar-refractivity contribution >= 4 is 23.4 Å². The minimum Gasteiger partial charge on any atom is -0.399 e. The Morgan fingerprint density at radius 1 is 1.26 bits per heavy atom. The van der Waals surface area contributed by atoms with Crippen molar-refractivity contribution in [3.8, 4) is 0 Å². The zero-order valence-corrected chi connectivity index (χ0v) is 11.9. The Hall–Kier alpha value is -1.16. The lowest BCUT2D eigenvalue weighted by molar-refractivity contribution is -0.136. The van der Waals surface area contributed by atoms with Gasteiger partial charge in [0.2, 0.25) is 5.91 Å². The van der Waals surface area contributed by atoms with Crippen molar-refractivity contribution < 1.29 is 4.79 Å². The molecular formula is C15H20N2OS. The van der Waals surface area contributed by atoms with Gasteiger partial charge in [-0.2, -0.15) is 11.8 Å². The summed E-state index contributed by atoms with van der Waals surface area (Å²) in [5.41, 5.74) is 7.66. The summed E-state index contributed by atoms with van der Waals surface area (Å²) in [6.45, 7) is 0.741. The van der Waals surface area contributed by atoms with Gasteiger partial charge in [-0.25, -0.2) is 0 Å². The minimum absolute atomic E-state index is 0.249. The lowest BCUT2D eigenvalue weighted by Crippen LogP contribution is -2.37. The molecule has 1 saturated heterocycles. The molecule has 0 radical (unpaired) electrons. The van der Waals surface area contributed by atoms with Gasteiger partial charge in [0.25, 0.3) is 0 Å². The van der Waals surface area contributed by atoms with Gasteiger partial charge in [-0.1, -0.05) is 12.1 Å². The monoisotopic (exact) mass is 276 g/mol. The van der Waals surface area contributed by atoms with Gasteiger partial charge < -0.3 is 10.6 Å². The summed E-state index contributed by atoms with van der Waals surface area (Å²) in [6, 6.07) is 8.37. The molecule has 3 rings (SSSR count). The van der Waals surface area contributed by atoms with Gasteiger partial charge in [-0.15, -0.1) is 0 Å². The quantitative estimate of drug-likeness (QED) is 0.860. The zero-order chi connectivity index (χ0) is 13.2. The van der Waals surface area contributed by atoms with E-state index < -0.39 is 0 Å². The molecule has 1 atom stereocenters. The van der Waals surface area contributed by atoms with E-state index in [1.165, 1.54) is 18.4 Å². The standard InChI is InChI=1S/C15H20N2OS/c16-13-3-1-11(2-4-13)9-17(14-5-6-14)15(18)12-7-8-19-10-12/h1-4,12,14H,5-10,16H2. The molecule has 1 amide bonds. The number of nitrogens with two attached hydrogens (primary N) is 1. The molecule has 2 aliphatic rings. The van der Waals surface area contributed by atoms with E-state index in [1.54, 1.807) is 0 Å². The van der Waals surface area contributed by atoms with Crippen LogP contribution in [0, 0.1) is 5.92 Å². The lowest BCUT2D eigenvalue weighted by Gasteiger charge is -2.25. The van der Waals surface area contributed by atoms with Crippen molar-refractivity contribution in [1.29, 1.82) is 0 Å². The first-order chi connectivity index (χ1) is 9.24. The number of anilines is 1. The van der Waals surface area contributed by atoms with Crippen LogP contribution in [0.1, 0.15) is 24.8 Å². The summed E-state index contributed by atoms with van der Waals surface area (Å²) in [6.07, 6.45) is 3.38. The topological polar surface area (TPSA) is 46.3 Å². The number of amides is 1. The molecule has 1 heterocycles. The Bertz CT molecular complexity index is 450. The van der Waals surface area contributed by atoms with Gasteiger partial charge in [-0.05, 0) is 42.7 Å². The fraction of sp³-hybridized carbons (Fsp3) is 0.533. The molecule has 1 aromatic carbocycles. The van der Waals surface area contributed by atoms with Crippen LogP contribution in [0.15, 0.2) is 24.3 Å². The average molecular weight is 276 g/mol. The molecule has 2 fully saturated rings.